The molecule has 1 aromatic heterocycles. The highest BCUT2D eigenvalue weighted by Gasteiger charge is 2.33. The normalized spacial score (nSPS) is 12.7. The van der Waals surface area contributed by atoms with E-state index < -0.39 is 28.0 Å². The molecule has 0 bridgehead atoms. The molecule has 24 heavy (non-hydrogen) atoms. The zero-order valence-corrected chi connectivity index (χ0v) is 12.2. The quantitative estimate of drug-likeness (QED) is 0.465. The minimum atomic E-state index is -0.774. The van der Waals surface area contributed by atoms with E-state index in [-0.39, 0.29) is 28.4 Å². The standard InChI is InChI=1S/C14H10N4O6/c1-24-6-2-3-8(9(4-6)18(22)23)17-10(19)5-7-11(12(17)15)14(21)16-13(7)20/h2-5H,15H2,1H3,(H,16,20,21). The number of methoxy groups -OCH3 is 1. The van der Waals surface area contributed by atoms with Crippen LogP contribution in [0.1, 0.15) is 20.7 Å². The number of anilines is 1. The van der Waals surface area contributed by atoms with Gasteiger partial charge in [0.05, 0.1) is 29.2 Å². The Morgan fingerprint density at radius 2 is 1.92 bits per heavy atom. The third kappa shape index (κ3) is 2.08. The van der Waals surface area contributed by atoms with Crippen LogP contribution in [0, 0.1) is 10.1 Å². The van der Waals surface area contributed by atoms with Crippen LogP contribution in [0.25, 0.3) is 5.69 Å². The summed E-state index contributed by atoms with van der Waals surface area (Å²) in [6, 6.07) is 4.72. The molecule has 10 nitrogen and oxygen atoms in total. The van der Waals surface area contributed by atoms with Crippen LogP contribution >= 0.6 is 0 Å². The van der Waals surface area contributed by atoms with Crippen molar-refractivity contribution in [3.05, 3.63) is 55.9 Å². The Labute approximate surface area is 133 Å². The minimum absolute atomic E-state index is 0.141. The molecule has 0 atom stereocenters. The van der Waals surface area contributed by atoms with Crippen LogP contribution in [0.4, 0.5) is 11.5 Å². The second kappa shape index (κ2) is 5.19. The Hall–Kier alpha value is -3.69. The van der Waals surface area contributed by atoms with E-state index in [0.29, 0.717) is 0 Å². The Kier molecular flexibility index (Phi) is 3.29. The highest BCUT2D eigenvalue weighted by Crippen LogP contribution is 2.30. The van der Waals surface area contributed by atoms with E-state index in [1.165, 1.54) is 19.2 Å². The van der Waals surface area contributed by atoms with Gasteiger partial charge in [0.25, 0.3) is 23.1 Å². The first-order valence-corrected chi connectivity index (χ1v) is 6.59. The van der Waals surface area contributed by atoms with E-state index in [1.54, 1.807) is 0 Å². The molecule has 0 fully saturated rings. The van der Waals surface area contributed by atoms with E-state index in [2.05, 4.69) is 0 Å². The number of pyridine rings is 1. The molecule has 2 aromatic rings. The third-order valence-electron chi connectivity index (χ3n) is 3.57. The molecule has 2 amide bonds. The second-order valence-electron chi connectivity index (χ2n) is 4.89. The summed E-state index contributed by atoms with van der Waals surface area (Å²) in [6.45, 7) is 0. The monoisotopic (exact) mass is 330 g/mol. The lowest BCUT2D eigenvalue weighted by molar-refractivity contribution is -0.384. The van der Waals surface area contributed by atoms with Crippen molar-refractivity contribution in [3.8, 4) is 11.4 Å². The number of carbonyl (C=O) groups excluding carboxylic acids is 2. The number of nitrogen functional groups attached to an aromatic ring is 1. The summed E-state index contributed by atoms with van der Waals surface area (Å²) >= 11 is 0. The molecule has 1 aliphatic heterocycles. The number of nitrogens with zero attached hydrogens (tertiary/aromatic N) is 2. The lowest BCUT2D eigenvalue weighted by atomic mass is 10.1. The van der Waals surface area contributed by atoms with Gasteiger partial charge in [-0.3, -0.25) is 34.4 Å². The summed E-state index contributed by atoms with van der Waals surface area (Å²) in [5, 5.41) is 13.3. The molecule has 0 saturated heterocycles. The number of benzene rings is 1. The fourth-order valence-electron chi connectivity index (χ4n) is 2.49. The minimum Gasteiger partial charge on any atom is -0.496 e. The van der Waals surface area contributed by atoms with Crippen LogP contribution in [0.3, 0.4) is 0 Å². The number of nitro benzene ring substituents is 1. The summed E-state index contributed by atoms with van der Waals surface area (Å²) in [5.41, 5.74) is 4.16. The zero-order valence-electron chi connectivity index (χ0n) is 12.2. The molecular formula is C14H10N4O6. The highest BCUT2D eigenvalue weighted by molar-refractivity contribution is 6.23. The van der Waals surface area contributed by atoms with Crippen LogP contribution in [0.15, 0.2) is 29.1 Å². The van der Waals surface area contributed by atoms with Gasteiger partial charge in [-0.15, -0.1) is 0 Å². The number of ether oxygens (including phenoxy) is 1. The van der Waals surface area contributed by atoms with Crippen molar-refractivity contribution in [2.45, 2.75) is 0 Å². The molecule has 1 aromatic carbocycles. The largest absolute Gasteiger partial charge is 0.496 e. The summed E-state index contributed by atoms with van der Waals surface area (Å²) in [4.78, 5) is 46.4. The van der Waals surface area contributed by atoms with Gasteiger partial charge in [-0.25, -0.2) is 0 Å². The van der Waals surface area contributed by atoms with Gasteiger partial charge in [-0.1, -0.05) is 0 Å². The van der Waals surface area contributed by atoms with Gasteiger partial charge in [0.15, 0.2) is 0 Å². The van der Waals surface area contributed by atoms with Gasteiger partial charge < -0.3 is 10.5 Å². The molecule has 0 unspecified atom stereocenters. The first-order valence-electron chi connectivity index (χ1n) is 6.59. The van der Waals surface area contributed by atoms with E-state index in [0.717, 1.165) is 16.7 Å². The topological polar surface area (TPSA) is 147 Å². The number of imide groups is 1. The average molecular weight is 330 g/mol. The molecule has 3 rings (SSSR count). The number of hydrogen-bond acceptors (Lipinski definition) is 7. The highest BCUT2D eigenvalue weighted by atomic mass is 16.6. The van der Waals surface area contributed by atoms with Crippen LogP contribution in [-0.2, 0) is 0 Å². The summed E-state index contributed by atoms with van der Waals surface area (Å²) in [5.74, 6) is -1.65. The smallest absolute Gasteiger partial charge is 0.297 e. The van der Waals surface area contributed by atoms with Crippen LogP contribution in [0.5, 0.6) is 5.75 Å². The lowest BCUT2D eigenvalue weighted by Gasteiger charge is -2.12. The number of nitro groups is 1. The molecule has 2 heterocycles. The van der Waals surface area contributed by atoms with Crippen LogP contribution in [-0.4, -0.2) is 28.4 Å². The van der Waals surface area contributed by atoms with E-state index in [1.807, 2.05) is 5.32 Å². The molecule has 1 aliphatic rings. The molecule has 0 saturated carbocycles. The maximum atomic E-state index is 12.3. The Balaban J connectivity index is 2.35. The molecule has 3 N–H and O–H groups in total. The number of fused-ring (bicyclic) bond motifs is 1. The lowest BCUT2D eigenvalue weighted by Crippen LogP contribution is -2.24. The maximum absolute atomic E-state index is 12.3. The van der Waals surface area contributed by atoms with Crippen molar-refractivity contribution in [1.29, 1.82) is 0 Å². The zero-order chi connectivity index (χ0) is 17.6. The van der Waals surface area contributed by atoms with Crippen LogP contribution < -0.4 is 21.3 Å². The van der Waals surface area contributed by atoms with Gasteiger partial charge in [0.1, 0.15) is 17.3 Å². The first kappa shape index (κ1) is 15.2. The van der Waals surface area contributed by atoms with Crippen LogP contribution in [0.2, 0.25) is 0 Å². The number of aromatic nitrogens is 1. The van der Waals surface area contributed by atoms with Crippen molar-refractivity contribution >= 4 is 23.3 Å². The molecule has 0 spiro atoms. The Morgan fingerprint density at radius 3 is 2.54 bits per heavy atom. The van der Waals surface area contributed by atoms with E-state index in [9.17, 15) is 24.5 Å². The predicted molar refractivity (Wildman–Crippen MR) is 81.5 cm³/mol. The van der Waals surface area contributed by atoms with Gasteiger partial charge in [0.2, 0.25) is 0 Å². The maximum Gasteiger partial charge on any atom is 0.297 e. The third-order valence-corrected chi connectivity index (χ3v) is 3.57. The number of hydrogen-bond donors (Lipinski definition) is 2. The average Bonchev–Trinajstić information content (AvgIpc) is 2.81. The van der Waals surface area contributed by atoms with Gasteiger partial charge in [-0.05, 0) is 12.1 Å². The van der Waals surface area contributed by atoms with Gasteiger partial charge >= 0.3 is 0 Å². The van der Waals surface area contributed by atoms with E-state index in [4.69, 9.17) is 10.5 Å². The Bertz CT molecular complexity index is 978. The summed E-state index contributed by atoms with van der Waals surface area (Å²) in [6.07, 6.45) is 0. The van der Waals surface area contributed by atoms with Gasteiger partial charge in [-0.2, -0.15) is 0 Å². The van der Waals surface area contributed by atoms with Crippen molar-refractivity contribution in [1.82, 2.24) is 9.88 Å². The fourth-order valence-corrected chi connectivity index (χ4v) is 2.49. The molecule has 10 heteroatoms. The Morgan fingerprint density at radius 1 is 1.21 bits per heavy atom. The van der Waals surface area contributed by atoms with Gasteiger partial charge in [0, 0.05) is 6.07 Å². The second-order valence-corrected chi connectivity index (χ2v) is 4.89. The van der Waals surface area contributed by atoms with Crippen molar-refractivity contribution < 1.29 is 19.2 Å². The molecular weight excluding hydrogens is 320 g/mol. The first-order chi connectivity index (χ1) is 11.3. The van der Waals surface area contributed by atoms with Crippen molar-refractivity contribution in [2.75, 3.05) is 12.8 Å². The SMILES string of the molecule is COc1ccc(-n2c(N)c3c(cc2=O)C(=O)NC3=O)c([N+](=O)[O-])c1. The number of rotatable bonds is 3. The summed E-state index contributed by atoms with van der Waals surface area (Å²) < 4.78 is 5.74. The van der Waals surface area contributed by atoms with E-state index >= 15 is 0 Å². The molecule has 0 aliphatic carbocycles. The summed E-state index contributed by atoms with van der Waals surface area (Å²) in [7, 11) is 1.34. The molecule has 122 valence electrons. The number of amides is 2. The molecule has 0 radical (unpaired) electrons. The number of nitrogens with one attached hydrogen (secondary N) is 1. The van der Waals surface area contributed by atoms with Crippen molar-refractivity contribution in [3.63, 3.8) is 0 Å². The van der Waals surface area contributed by atoms with Crippen molar-refractivity contribution in [2.24, 2.45) is 0 Å². The number of nitrogens with two attached hydrogens (primary N) is 1. The predicted octanol–water partition coefficient (Wildman–Crippen LogP) is 0.220. The number of carbonyl (C=O) groups is 2. The fraction of sp³-hybridized carbons (Fsp3) is 0.0714.